The molecule has 6 heteroatoms. The molecule has 0 unspecified atom stereocenters. The van der Waals surface area contributed by atoms with Gasteiger partial charge >= 0.3 is 0 Å². The minimum Gasteiger partial charge on any atom is -0.496 e. The number of halogens is 1. The molecule has 4 rings (SSSR count). The summed E-state index contributed by atoms with van der Waals surface area (Å²) in [5.74, 6) is -0.160. The number of nitrogens with one attached hydrogen (secondary N) is 1. The predicted molar refractivity (Wildman–Crippen MR) is 125 cm³/mol. The van der Waals surface area contributed by atoms with Gasteiger partial charge in [-0.15, -0.1) is 0 Å². The second-order valence-electron chi connectivity index (χ2n) is 8.20. The van der Waals surface area contributed by atoms with Crippen molar-refractivity contribution in [2.24, 2.45) is 5.92 Å². The molecule has 1 aliphatic rings. The Morgan fingerprint density at radius 2 is 1.82 bits per heavy atom. The zero-order valence-electron chi connectivity index (χ0n) is 18.6. The molecule has 5 nitrogen and oxygen atoms in total. The Hall–Kier alpha value is -3.67. The third kappa shape index (κ3) is 5.40. The molecule has 1 heterocycles. The third-order valence-electron chi connectivity index (χ3n) is 5.97. The number of carbonyl (C=O) groups excluding carboxylic acids is 2. The standard InChI is InChI=1S/C27H27FN2O3/c1-33-25-12-5-4-11-24(25)23-10-3-2-8-20(23)17-21-18-30(14-13-29-27(21)32)26(31)16-19-7-6-9-22(28)15-19/h2-12,15,21H,13-14,16-18H2,1H3,(H,29,32)/t21-/m1/s1. The molecule has 0 aliphatic carbocycles. The van der Waals surface area contributed by atoms with E-state index >= 15 is 0 Å². The molecule has 1 saturated heterocycles. The lowest BCUT2D eigenvalue weighted by atomic mass is 9.91. The van der Waals surface area contributed by atoms with E-state index in [1.807, 2.05) is 48.5 Å². The Morgan fingerprint density at radius 1 is 1.06 bits per heavy atom. The fourth-order valence-electron chi connectivity index (χ4n) is 4.31. The number of nitrogens with zero attached hydrogens (tertiary/aromatic N) is 1. The largest absolute Gasteiger partial charge is 0.496 e. The van der Waals surface area contributed by atoms with Gasteiger partial charge in [-0.2, -0.15) is 0 Å². The summed E-state index contributed by atoms with van der Waals surface area (Å²) >= 11 is 0. The number of hydrogen-bond acceptors (Lipinski definition) is 3. The fraction of sp³-hybridized carbons (Fsp3) is 0.259. The van der Waals surface area contributed by atoms with Crippen molar-refractivity contribution >= 4 is 11.8 Å². The first kappa shape index (κ1) is 22.5. The maximum Gasteiger partial charge on any atom is 0.227 e. The SMILES string of the molecule is COc1ccccc1-c1ccccc1C[C@@H]1CN(C(=O)Cc2cccc(F)c2)CCNC1=O. The quantitative estimate of drug-likeness (QED) is 0.626. The van der Waals surface area contributed by atoms with Crippen molar-refractivity contribution in [1.29, 1.82) is 0 Å². The number of methoxy groups -OCH3 is 1. The molecule has 2 amide bonds. The summed E-state index contributed by atoms with van der Waals surface area (Å²) in [5, 5.41) is 2.94. The van der Waals surface area contributed by atoms with Gasteiger partial charge in [0, 0.05) is 25.2 Å². The van der Waals surface area contributed by atoms with Crippen LogP contribution in [0.15, 0.2) is 72.8 Å². The summed E-state index contributed by atoms with van der Waals surface area (Å²) in [4.78, 5) is 27.5. The smallest absolute Gasteiger partial charge is 0.227 e. The molecule has 0 saturated carbocycles. The van der Waals surface area contributed by atoms with Crippen LogP contribution in [-0.2, 0) is 22.4 Å². The highest BCUT2D eigenvalue weighted by atomic mass is 19.1. The second kappa shape index (κ2) is 10.3. The second-order valence-corrected chi connectivity index (χ2v) is 8.20. The van der Waals surface area contributed by atoms with Crippen LogP contribution in [0.3, 0.4) is 0 Å². The molecule has 33 heavy (non-hydrogen) atoms. The normalized spacial score (nSPS) is 16.1. The molecule has 1 atom stereocenters. The zero-order valence-corrected chi connectivity index (χ0v) is 18.6. The monoisotopic (exact) mass is 446 g/mol. The lowest BCUT2D eigenvalue weighted by Gasteiger charge is -2.24. The highest BCUT2D eigenvalue weighted by molar-refractivity contribution is 5.83. The summed E-state index contributed by atoms with van der Waals surface area (Å²) in [6.45, 7) is 1.16. The molecule has 170 valence electrons. The van der Waals surface area contributed by atoms with Gasteiger partial charge in [-0.3, -0.25) is 9.59 Å². The Kier molecular flexibility index (Phi) is 7.03. The average Bonchev–Trinajstić information content (AvgIpc) is 3.01. The molecule has 0 spiro atoms. The lowest BCUT2D eigenvalue weighted by molar-refractivity contribution is -0.131. The number of rotatable bonds is 6. The molecule has 1 N–H and O–H groups in total. The van der Waals surface area contributed by atoms with Crippen molar-refractivity contribution in [2.75, 3.05) is 26.7 Å². The number of carbonyl (C=O) groups is 2. The van der Waals surface area contributed by atoms with E-state index in [2.05, 4.69) is 5.32 Å². The maximum absolute atomic E-state index is 13.5. The molecule has 0 radical (unpaired) electrons. The fourth-order valence-corrected chi connectivity index (χ4v) is 4.31. The summed E-state index contributed by atoms with van der Waals surface area (Å²) < 4.78 is 19.1. The van der Waals surface area contributed by atoms with E-state index in [4.69, 9.17) is 4.74 Å². The minimum absolute atomic E-state index is 0.0640. The van der Waals surface area contributed by atoms with E-state index in [9.17, 15) is 14.0 Å². The first-order valence-electron chi connectivity index (χ1n) is 11.1. The van der Waals surface area contributed by atoms with Gasteiger partial charge in [-0.25, -0.2) is 4.39 Å². The Balaban J connectivity index is 1.55. The van der Waals surface area contributed by atoms with Gasteiger partial charge in [-0.1, -0.05) is 54.6 Å². The van der Waals surface area contributed by atoms with Gasteiger partial charge in [0.05, 0.1) is 19.4 Å². The topological polar surface area (TPSA) is 58.6 Å². The van der Waals surface area contributed by atoms with Crippen LogP contribution in [0, 0.1) is 11.7 Å². The van der Waals surface area contributed by atoms with E-state index in [0.29, 0.717) is 31.6 Å². The van der Waals surface area contributed by atoms with Gasteiger partial charge in [-0.05, 0) is 41.3 Å². The first-order chi connectivity index (χ1) is 16.0. The molecule has 1 aliphatic heterocycles. The van der Waals surface area contributed by atoms with Crippen molar-refractivity contribution in [3.63, 3.8) is 0 Å². The molecule has 3 aromatic rings. The van der Waals surface area contributed by atoms with Gasteiger partial charge in [0.15, 0.2) is 0 Å². The van der Waals surface area contributed by atoms with E-state index in [-0.39, 0.29) is 30.0 Å². The maximum atomic E-state index is 13.5. The van der Waals surface area contributed by atoms with Gasteiger partial charge in [0.25, 0.3) is 0 Å². The van der Waals surface area contributed by atoms with E-state index < -0.39 is 0 Å². The van der Waals surface area contributed by atoms with Crippen LogP contribution >= 0.6 is 0 Å². The van der Waals surface area contributed by atoms with Gasteiger partial charge in [0.2, 0.25) is 11.8 Å². The number of hydrogen-bond donors (Lipinski definition) is 1. The van der Waals surface area contributed by atoms with E-state index in [1.54, 1.807) is 24.1 Å². The number of amides is 2. The number of ether oxygens (including phenoxy) is 1. The average molecular weight is 447 g/mol. The summed E-state index contributed by atoms with van der Waals surface area (Å²) in [5.41, 5.74) is 3.61. The molecule has 3 aromatic carbocycles. The highest BCUT2D eigenvalue weighted by Gasteiger charge is 2.28. The Bertz CT molecular complexity index is 1150. The molecule has 0 bridgehead atoms. The summed E-state index contributed by atoms with van der Waals surface area (Å²) in [6.07, 6.45) is 0.597. The number of para-hydroxylation sites is 1. The van der Waals surface area contributed by atoms with Gasteiger partial charge in [0.1, 0.15) is 11.6 Å². The van der Waals surface area contributed by atoms with Crippen molar-refractivity contribution in [3.8, 4) is 16.9 Å². The van der Waals surface area contributed by atoms with Crippen LogP contribution in [0.25, 0.3) is 11.1 Å². The van der Waals surface area contributed by atoms with Crippen LogP contribution in [0.4, 0.5) is 4.39 Å². The zero-order chi connectivity index (χ0) is 23.2. The van der Waals surface area contributed by atoms with E-state index in [1.165, 1.54) is 12.1 Å². The van der Waals surface area contributed by atoms with Crippen molar-refractivity contribution < 1.29 is 18.7 Å². The van der Waals surface area contributed by atoms with Crippen LogP contribution in [-0.4, -0.2) is 43.5 Å². The highest BCUT2D eigenvalue weighted by Crippen LogP contribution is 2.33. The minimum atomic E-state index is -0.389. The summed E-state index contributed by atoms with van der Waals surface area (Å²) in [6, 6.07) is 21.8. The van der Waals surface area contributed by atoms with E-state index in [0.717, 1.165) is 22.4 Å². The van der Waals surface area contributed by atoms with Crippen LogP contribution in [0.2, 0.25) is 0 Å². The van der Waals surface area contributed by atoms with Crippen LogP contribution in [0.1, 0.15) is 11.1 Å². The molecule has 0 aromatic heterocycles. The lowest BCUT2D eigenvalue weighted by Crippen LogP contribution is -2.38. The van der Waals surface area contributed by atoms with Crippen LogP contribution in [0.5, 0.6) is 5.75 Å². The third-order valence-corrected chi connectivity index (χ3v) is 5.97. The first-order valence-corrected chi connectivity index (χ1v) is 11.1. The van der Waals surface area contributed by atoms with Crippen LogP contribution < -0.4 is 10.1 Å². The number of benzene rings is 3. The van der Waals surface area contributed by atoms with Crippen molar-refractivity contribution in [1.82, 2.24) is 10.2 Å². The Morgan fingerprint density at radius 3 is 2.61 bits per heavy atom. The summed E-state index contributed by atoms with van der Waals surface area (Å²) in [7, 11) is 1.64. The predicted octanol–water partition coefficient (Wildman–Crippen LogP) is 3.86. The molecule has 1 fully saturated rings. The van der Waals surface area contributed by atoms with Crippen molar-refractivity contribution in [3.05, 3.63) is 89.7 Å². The Labute approximate surface area is 193 Å². The molecular formula is C27H27FN2O3. The molecular weight excluding hydrogens is 419 g/mol. The van der Waals surface area contributed by atoms with Crippen molar-refractivity contribution in [2.45, 2.75) is 12.8 Å². The van der Waals surface area contributed by atoms with Gasteiger partial charge < -0.3 is 15.0 Å².